The van der Waals surface area contributed by atoms with Gasteiger partial charge in [0.1, 0.15) is 11.9 Å². The number of fused-ring (bicyclic) bond motifs is 3. The van der Waals surface area contributed by atoms with E-state index in [-0.39, 0.29) is 5.92 Å². The van der Waals surface area contributed by atoms with Gasteiger partial charge in [-0.25, -0.2) is 4.98 Å². The maximum Gasteiger partial charge on any atom is 0.157 e. The Bertz CT molecular complexity index is 1260. The summed E-state index contributed by atoms with van der Waals surface area (Å²) in [4.78, 5) is 9.83. The number of piperazine rings is 1. The maximum absolute atomic E-state index is 9.94. The molecule has 0 atom stereocenters. The van der Waals surface area contributed by atoms with Crippen molar-refractivity contribution in [3.05, 3.63) is 77.4 Å². The van der Waals surface area contributed by atoms with Crippen molar-refractivity contribution in [2.24, 2.45) is 0 Å². The SMILES string of the molecule is CC(C)c1cc(N2CCN(Cc3ccccc3)CC2)n2c(nc3ccccc32)c1C#N. The molecule has 1 aliphatic heterocycles. The first kappa shape index (κ1) is 19.6. The highest BCUT2D eigenvalue weighted by atomic mass is 15.3. The van der Waals surface area contributed by atoms with Crippen LogP contribution in [0.15, 0.2) is 60.7 Å². The molecule has 0 bridgehead atoms. The predicted molar refractivity (Wildman–Crippen MR) is 125 cm³/mol. The molecule has 31 heavy (non-hydrogen) atoms. The first-order valence-corrected chi connectivity index (χ1v) is 11.0. The van der Waals surface area contributed by atoms with Crippen LogP contribution in [0.4, 0.5) is 5.82 Å². The van der Waals surface area contributed by atoms with E-state index in [4.69, 9.17) is 4.98 Å². The molecule has 0 N–H and O–H groups in total. The summed E-state index contributed by atoms with van der Waals surface area (Å²) in [5.74, 6) is 1.41. The number of imidazole rings is 1. The largest absolute Gasteiger partial charge is 0.355 e. The van der Waals surface area contributed by atoms with E-state index in [1.807, 2.05) is 18.2 Å². The van der Waals surface area contributed by atoms with Crippen molar-refractivity contribution in [3.63, 3.8) is 0 Å². The molecule has 1 saturated heterocycles. The Morgan fingerprint density at radius 1 is 0.968 bits per heavy atom. The number of hydrogen-bond donors (Lipinski definition) is 0. The lowest BCUT2D eigenvalue weighted by Crippen LogP contribution is -2.46. The number of pyridine rings is 1. The van der Waals surface area contributed by atoms with Crippen molar-refractivity contribution in [2.75, 3.05) is 31.1 Å². The van der Waals surface area contributed by atoms with Gasteiger partial charge in [0.2, 0.25) is 0 Å². The second-order valence-electron chi connectivity index (χ2n) is 8.61. The van der Waals surface area contributed by atoms with E-state index in [1.165, 1.54) is 5.56 Å². The molecule has 5 rings (SSSR count). The zero-order valence-electron chi connectivity index (χ0n) is 18.1. The molecular formula is C26H27N5. The smallest absolute Gasteiger partial charge is 0.157 e. The molecule has 3 heterocycles. The fraction of sp³-hybridized carbons (Fsp3) is 0.308. The summed E-state index contributed by atoms with van der Waals surface area (Å²) in [5, 5.41) is 9.94. The Morgan fingerprint density at radius 2 is 1.68 bits per heavy atom. The van der Waals surface area contributed by atoms with E-state index < -0.39 is 0 Å². The van der Waals surface area contributed by atoms with Crippen LogP contribution < -0.4 is 4.90 Å². The van der Waals surface area contributed by atoms with Crippen LogP contribution in [0.25, 0.3) is 16.7 Å². The third-order valence-electron chi connectivity index (χ3n) is 6.27. The van der Waals surface area contributed by atoms with Gasteiger partial charge in [0.15, 0.2) is 5.65 Å². The van der Waals surface area contributed by atoms with Crippen LogP contribution in [-0.4, -0.2) is 40.5 Å². The first-order valence-electron chi connectivity index (χ1n) is 11.0. The third kappa shape index (κ3) is 3.54. The molecule has 0 radical (unpaired) electrons. The van der Waals surface area contributed by atoms with Gasteiger partial charge in [-0.15, -0.1) is 0 Å². The van der Waals surface area contributed by atoms with Gasteiger partial charge in [-0.2, -0.15) is 5.26 Å². The summed E-state index contributed by atoms with van der Waals surface area (Å²) in [6, 6.07) is 23.5. The van der Waals surface area contributed by atoms with E-state index >= 15 is 0 Å². The Labute approximate surface area is 183 Å². The summed E-state index contributed by atoms with van der Waals surface area (Å²) in [6.07, 6.45) is 0. The van der Waals surface area contributed by atoms with Gasteiger partial charge in [0.25, 0.3) is 0 Å². The highest BCUT2D eigenvalue weighted by Crippen LogP contribution is 2.32. The first-order chi connectivity index (χ1) is 15.2. The summed E-state index contributed by atoms with van der Waals surface area (Å²) in [6.45, 7) is 9.23. The van der Waals surface area contributed by atoms with Crippen LogP contribution >= 0.6 is 0 Å². The maximum atomic E-state index is 9.94. The highest BCUT2D eigenvalue weighted by Gasteiger charge is 2.24. The van der Waals surface area contributed by atoms with Gasteiger partial charge in [-0.05, 0) is 35.2 Å². The monoisotopic (exact) mass is 409 g/mol. The van der Waals surface area contributed by atoms with Crippen LogP contribution in [0.1, 0.15) is 36.5 Å². The van der Waals surface area contributed by atoms with Crippen LogP contribution in [0.2, 0.25) is 0 Å². The molecule has 1 fully saturated rings. The number of rotatable bonds is 4. The number of para-hydroxylation sites is 2. The van der Waals surface area contributed by atoms with Crippen molar-refractivity contribution in [1.82, 2.24) is 14.3 Å². The van der Waals surface area contributed by atoms with Crippen LogP contribution in [0, 0.1) is 11.3 Å². The fourth-order valence-electron chi connectivity index (χ4n) is 4.61. The van der Waals surface area contributed by atoms with Gasteiger partial charge in [-0.3, -0.25) is 9.30 Å². The van der Waals surface area contributed by atoms with Gasteiger partial charge in [0, 0.05) is 32.7 Å². The molecule has 0 spiro atoms. The molecule has 5 nitrogen and oxygen atoms in total. The van der Waals surface area contributed by atoms with E-state index in [9.17, 15) is 5.26 Å². The Morgan fingerprint density at radius 3 is 2.39 bits per heavy atom. The van der Waals surface area contributed by atoms with E-state index in [1.54, 1.807) is 0 Å². The molecule has 4 aromatic rings. The van der Waals surface area contributed by atoms with Gasteiger partial charge in [0.05, 0.1) is 16.6 Å². The average Bonchev–Trinajstić information content (AvgIpc) is 3.19. The minimum Gasteiger partial charge on any atom is -0.355 e. The number of nitriles is 1. The second kappa shape index (κ2) is 8.05. The quantitative estimate of drug-likeness (QED) is 0.486. The molecule has 1 aliphatic rings. The van der Waals surface area contributed by atoms with Crippen molar-refractivity contribution in [3.8, 4) is 6.07 Å². The van der Waals surface area contributed by atoms with Crippen LogP contribution in [-0.2, 0) is 6.54 Å². The zero-order valence-corrected chi connectivity index (χ0v) is 18.1. The molecule has 0 amide bonds. The lowest BCUT2D eigenvalue weighted by Gasteiger charge is -2.36. The molecular weight excluding hydrogens is 382 g/mol. The van der Waals surface area contributed by atoms with Crippen molar-refractivity contribution in [2.45, 2.75) is 26.3 Å². The normalized spacial score (nSPS) is 15.1. The van der Waals surface area contributed by atoms with Crippen molar-refractivity contribution < 1.29 is 0 Å². The van der Waals surface area contributed by atoms with Gasteiger partial charge >= 0.3 is 0 Å². The lowest BCUT2D eigenvalue weighted by molar-refractivity contribution is 0.249. The second-order valence-corrected chi connectivity index (χ2v) is 8.61. The number of benzene rings is 2. The third-order valence-corrected chi connectivity index (χ3v) is 6.27. The number of anilines is 1. The number of nitrogens with zero attached hydrogens (tertiary/aromatic N) is 5. The van der Waals surface area contributed by atoms with Gasteiger partial charge in [-0.1, -0.05) is 56.3 Å². The minimum atomic E-state index is 0.262. The summed E-state index contributed by atoms with van der Waals surface area (Å²) in [5.41, 5.74) is 5.90. The summed E-state index contributed by atoms with van der Waals surface area (Å²) < 4.78 is 2.19. The van der Waals surface area contributed by atoms with Crippen LogP contribution in [0.3, 0.4) is 0 Å². The molecule has 0 saturated carbocycles. The average molecular weight is 410 g/mol. The van der Waals surface area contributed by atoms with Crippen molar-refractivity contribution >= 4 is 22.5 Å². The molecule has 0 aliphatic carbocycles. The lowest BCUT2D eigenvalue weighted by atomic mass is 9.98. The fourth-order valence-corrected chi connectivity index (χ4v) is 4.61. The van der Waals surface area contributed by atoms with Crippen LogP contribution in [0.5, 0.6) is 0 Å². The number of aromatic nitrogens is 2. The number of hydrogen-bond acceptors (Lipinski definition) is 4. The molecule has 5 heteroatoms. The zero-order chi connectivity index (χ0) is 21.4. The molecule has 156 valence electrons. The minimum absolute atomic E-state index is 0.262. The topological polar surface area (TPSA) is 47.6 Å². The molecule has 2 aromatic heterocycles. The Kier molecular flexibility index (Phi) is 5.09. The van der Waals surface area contributed by atoms with E-state index in [0.29, 0.717) is 5.56 Å². The summed E-state index contributed by atoms with van der Waals surface area (Å²) in [7, 11) is 0. The Hall–Kier alpha value is -3.36. The summed E-state index contributed by atoms with van der Waals surface area (Å²) >= 11 is 0. The molecule has 0 unspecified atom stereocenters. The standard InChI is InChI=1S/C26H27N5/c1-19(2)21-16-25(30-14-12-29(13-15-30)18-20-8-4-3-5-9-20)31-24-11-7-6-10-23(24)28-26(31)22(21)17-27/h3-11,16,19H,12-15,18H2,1-2H3. The Balaban J connectivity index is 1.53. The van der Waals surface area contributed by atoms with E-state index in [0.717, 1.165) is 60.8 Å². The highest BCUT2D eigenvalue weighted by molar-refractivity contribution is 5.85. The molecule has 2 aromatic carbocycles. The van der Waals surface area contributed by atoms with Crippen molar-refractivity contribution in [1.29, 1.82) is 5.26 Å². The predicted octanol–water partition coefficient (Wildman–Crippen LogP) is 4.80. The van der Waals surface area contributed by atoms with E-state index in [2.05, 4.69) is 76.6 Å². The van der Waals surface area contributed by atoms with Gasteiger partial charge < -0.3 is 4.90 Å².